The van der Waals surface area contributed by atoms with Crippen LogP contribution in [0.1, 0.15) is 63.9 Å². The van der Waals surface area contributed by atoms with Gasteiger partial charge in [0.1, 0.15) is 0 Å². The van der Waals surface area contributed by atoms with Crippen LogP contribution < -0.4 is 4.74 Å². The number of carbonyl (C=O) groups is 1. The molecule has 0 bridgehead atoms. The van der Waals surface area contributed by atoms with Crippen LogP contribution in [-0.4, -0.2) is 24.8 Å². The topological polar surface area (TPSA) is 55.8 Å². The predicted octanol–water partition coefficient (Wildman–Crippen LogP) is 7.96. The van der Waals surface area contributed by atoms with E-state index in [9.17, 15) is 9.90 Å². The summed E-state index contributed by atoms with van der Waals surface area (Å²) in [6, 6.07) is 5.13. The largest absolute Gasteiger partial charge is 0.504 e. The molecule has 1 N–H and O–H groups in total. The fourth-order valence-electron chi connectivity index (χ4n) is 3.07. The molecule has 0 amide bonds. The molecule has 0 aliphatic carbocycles. The molecule has 0 spiro atoms. The lowest BCUT2D eigenvalue weighted by atomic mass is 10.1. The summed E-state index contributed by atoms with van der Waals surface area (Å²) in [7, 11) is 1.51. The Morgan fingerprint density at radius 3 is 1.83 bits per heavy atom. The van der Waals surface area contributed by atoms with Gasteiger partial charge in [-0.3, -0.25) is 4.79 Å². The minimum absolute atomic E-state index is 0.101. The Kier molecular flexibility index (Phi) is 18.1. The van der Waals surface area contributed by atoms with Crippen LogP contribution in [0, 0.1) is 0 Å². The first-order valence-electron chi connectivity index (χ1n) is 12.6. The zero-order valence-electron chi connectivity index (χ0n) is 21.4. The van der Waals surface area contributed by atoms with Gasteiger partial charge in [0.15, 0.2) is 11.5 Å². The van der Waals surface area contributed by atoms with Crippen LogP contribution in [0.15, 0.2) is 91.1 Å². The second-order valence-corrected chi connectivity index (χ2v) is 7.93. The van der Waals surface area contributed by atoms with Crippen molar-refractivity contribution >= 4 is 5.97 Å². The van der Waals surface area contributed by atoms with Crippen LogP contribution in [-0.2, 0) is 16.0 Å². The number of carbonyl (C=O) groups excluding carboxylic acids is 1. The molecule has 0 unspecified atom stereocenters. The minimum Gasteiger partial charge on any atom is -0.504 e. The highest BCUT2D eigenvalue weighted by atomic mass is 16.5. The summed E-state index contributed by atoms with van der Waals surface area (Å²) < 4.78 is 10.4. The molecule has 35 heavy (non-hydrogen) atoms. The van der Waals surface area contributed by atoms with Crippen LogP contribution in [0.5, 0.6) is 11.5 Å². The summed E-state index contributed by atoms with van der Waals surface area (Å²) in [5.74, 6) is 0.325. The number of benzene rings is 1. The molecule has 0 aliphatic rings. The third-order valence-electron chi connectivity index (χ3n) is 5.01. The molecule has 0 fully saturated rings. The fourth-order valence-corrected chi connectivity index (χ4v) is 3.07. The molecule has 0 heterocycles. The summed E-state index contributed by atoms with van der Waals surface area (Å²) in [6.45, 7) is 2.46. The lowest BCUT2D eigenvalue weighted by molar-refractivity contribution is -0.143. The third kappa shape index (κ3) is 16.9. The van der Waals surface area contributed by atoms with Gasteiger partial charge < -0.3 is 14.6 Å². The fraction of sp³-hybridized carbons (Fsp3) is 0.387. The first-order chi connectivity index (χ1) is 17.2. The molecule has 4 nitrogen and oxygen atoms in total. The van der Waals surface area contributed by atoms with E-state index in [2.05, 4.69) is 73.8 Å². The van der Waals surface area contributed by atoms with Gasteiger partial charge in [-0.05, 0) is 62.6 Å². The van der Waals surface area contributed by atoms with E-state index < -0.39 is 0 Å². The SMILES string of the molecule is CC/C=C\C/C=C\C/C=C\C/C=C\C/C=C\C/C=C\CCC(=O)OCCc1ccc(O)c(OC)c1. The number of hydrogen-bond acceptors (Lipinski definition) is 4. The van der Waals surface area contributed by atoms with E-state index in [-0.39, 0.29) is 11.7 Å². The number of allylic oxidation sites excluding steroid dienone is 12. The molecule has 0 aromatic heterocycles. The van der Waals surface area contributed by atoms with Crippen LogP contribution in [0.25, 0.3) is 0 Å². The Balaban J connectivity index is 2.02. The molecule has 0 saturated carbocycles. The van der Waals surface area contributed by atoms with Gasteiger partial charge >= 0.3 is 5.97 Å². The van der Waals surface area contributed by atoms with Crippen LogP contribution in [0.2, 0.25) is 0 Å². The van der Waals surface area contributed by atoms with Crippen molar-refractivity contribution in [3.05, 3.63) is 96.7 Å². The van der Waals surface area contributed by atoms with E-state index in [1.165, 1.54) is 7.11 Å². The van der Waals surface area contributed by atoms with Gasteiger partial charge in [0.05, 0.1) is 13.7 Å². The molecule has 0 atom stereocenters. The number of esters is 1. The lowest BCUT2D eigenvalue weighted by Crippen LogP contribution is -2.07. The average molecular weight is 479 g/mol. The maximum atomic E-state index is 11.8. The standard InChI is InChI=1S/C31H42O4/c1-3-4-5-6-7-8-9-10-11-12-13-14-15-16-17-18-19-20-21-22-31(33)35-26-25-28-23-24-29(32)30(27-28)34-2/h4-5,7-8,10-11,13-14,16-17,19-20,23-24,27,32H,3,6,9,12,15,18,21-22,25-26H2,1-2H3/b5-4-,8-7-,11-10-,14-13-,17-16-,20-19-. The first kappa shape index (κ1) is 29.8. The summed E-state index contributed by atoms with van der Waals surface area (Å²) >= 11 is 0. The Bertz CT molecular complexity index is 872. The highest BCUT2D eigenvalue weighted by molar-refractivity contribution is 5.69. The summed E-state index contributed by atoms with van der Waals surface area (Å²) in [4.78, 5) is 11.8. The quantitative estimate of drug-likeness (QED) is 0.172. The zero-order valence-corrected chi connectivity index (χ0v) is 21.4. The van der Waals surface area contributed by atoms with E-state index in [0.717, 1.165) is 44.1 Å². The van der Waals surface area contributed by atoms with E-state index in [0.29, 0.717) is 31.6 Å². The van der Waals surface area contributed by atoms with Gasteiger partial charge in [-0.1, -0.05) is 85.9 Å². The zero-order chi connectivity index (χ0) is 25.4. The van der Waals surface area contributed by atoms with E-state index in [1.54, 1.807) is 18.2 Å². The number of phenols is 1. The number of methoxy groups -OCH3 is 1. The highest BCUT2D eigenvalue weighted by Gasteiger charge is 2.05. The number of hydrogen-bond donors (Lipinski definition) is 1. The van der Waals surface area contributed by atoms with Crippen molar-refractivity contribution in [1.82, 2.24) is 0 Å². The van der Waals surface area contributed by atoms with Gasteiger partial charge in [0, 0.05) is 12.8 Å². The summed E-state index contributed by atoms with van der Waals surface area (Å²) in [5, 5.41) is 9.60. The van der Waals surface area contributed by atoms with Gasteiger partial charge in [-0.15, -0.1) is 0 Å². The maximum Gasteiger partial charge on any atom is 0.306 e. The van der Waals surface area contributed by atoms with Crippen molar-refractivity contribution < 1.29 is 19.4 Å². The molecule has 0 aliphatic heterocycles. The Morgan fingerprint density at radius 1 is 0.800 bits per heavy atom. The Morgan fingerprint density at radius 2 is 1.31 bits per heavy atom. The second kappa shape index (κ2) is 21.3. The van der Waals surface area contributed by atoms with Gasteiger partial charge in [-0.2, -0.15) is 0 Å². The van der Waals surface area contributed by atoms with E-state index in [4.69, 9.17) is 9.47 Å². The monoisotopic (exact) mass is 478 g/mol. The van der Waals surface area contributed by atoms with Crippen molar-refractivity contribution in [1.29, 1.82) is 0 Å². The molecule has 1 aromatic carbocycles. The van der Waals surface area contributed by atoms with E-state index in [1.807, 2.05) is 6.08 Å². The molecule has 4 heteroatoms. The molecule has 1 aromatic rings. The number of aromatic hydroxyl groups is 1. The van der Waals surface area contributed by atoms with Crippen LogP contribution in [0.4, 0.5) is 0 Å². The van der Waals surface area contributed by atoms with Crippen LogP contribution >= 0.6 is 0 Å². The second-order valence-electron chi connectivity index (χ2n) is 7.93. The van der Waals surface area contributed by atoms with Crippen molar-refractivity contribution in [2.24, 2.45) is 0 Å². The van der Waals surface area contributed by atoms with Crippen molar-refractivity contribution in [2.75, 3.05) is 13.7 Å². The molecule has 0 saturated heterocycles. The molecule has 1 rings (SSSR count). The predicted molar refractivity (Wildman–Crippen MR) is 147 cm³/mol. The van der Waals surface area contributed by atoms with Crippen molar-refractivity contribution in [2.45, 2.75) is 64.7 Å². The Hall–Kier alpha value is -3.27. The molecular weight excluding hydrogens is 436 g/mol. The summed E-state index contributed by atoms with van der Waals surface area (Å²) in [5.41, 5.74) is 0.949. The van der Waals surface area contributed by atoms with Gasteiger partial charge in [0.2, 0.25) is 0 Å². The van der Waals surface area contributed by atoms with Crippen molar-refractivity contribution in [3.8, 4) is 11.5 Å². The van der Waals surface area contributed by atoms with Gasteiger partial charge in [-0.25, -0.2) is 0 Å². The molecular formula is C31H42O4. The first-order valence-corrected chi connectivity index (χ1v) is 12.6. The molecule has 190 valence electrons. The number of ether oxygens (including phenoxy) is 2. The Labute approximate surface area is 212 Å². The number of phenolic OH excluding ortho intramolecular Hbond substituents is 1. The normalized spacial score (nSPS) is 12.4. The third-order valence-corrected chi connectivity index (χ3v) is 5.01. The maximum absolute atomic E-state index is 11.8. The average Bonchev–Trinajstić information content (AvgIpc) is 2.86. The van der Waals surface area contributed by atoms with E-state index >= 15 is 0 Å². The minimum atomic E-state index is -0.199. The summed E-state index contributed by atoms with van der Waals surface area (Å²) in [6.07, 6.45) is 33.5. The van der Waals surface area contributed by atoms with Crippen LogP contribution in [0.3, 0.4) is 0 Å². The van der Waals surface area contributed by atoms with Gasteiger partial charge in [0.25, 0.3) is 0 Å². The lowest BCUT2D eigenvalue weighted by Gasteiger charge is -2.07. The molecule has 0 radical (unpaired) electrons. The highest BCUT2D eigenvalue weighted by Crippen LogP contribution is 2.26. The smallest absolute Gasteiger partial charge is 0.306 e. The number of rotatable bonds is 18. The van der Waals surface area contributed by atoms with Crippen molar-refractivity contribution in [3.63, 3.8) is 0 Å².